The highest BCUT2D eigenvalue weighted by Gasteiger charge is 2.26. The largest absolute Gasteiger partial charge is 0.322 e. The molecule has 1 heterocycles. The van der Waals surface area contributed by atoms with E-state index in [0.717, 1.165) is 11.0 Å². The highest BCUT2D eigenvalue weighted by Crippen LogP contribution is 2.20. The smallest absolute Gasteiger partial charge is 0.123 e. The molecule has 76 valence electrons. The SMILES string of the molecule is C[N+]1(Cc2ccc(F)cc2)CCCC1. The monoisotopic (exact) mass is 194 g/mol. The maximum Gasteiger partial charge on any atom is 0.123 e. The van der Waals surface area contributed by atoms with Gasteiger partial charge in [0.15, 0.2) is 0 Å². The molecule has 0 spiro atoms. The molecule has 1 fully saturated rings. The molecule has 14 heavy (non-hydrogen) atoms. The zero-order valence-electron chi connectivity index (χ0n) is 8.67. The molecule has 0 bridgehead atoms. The fourth-order valence-corrected chi connectivity index (χ4v) is 2.29. The molecule has 0 radical (unpaired) electrons. The van der Waals surface area contributed by atoms with Crippen molar-refractivity contribution in [2.45, 2.75) is 19.4 Å². The number of nitrogens with zero attached hydrogens (tertiary/aromatic N) is 1. The molecule has 1 aromatic rings. The van der Waals surface area contributed by atoms with Crippen LogP contribution < -0.4 is 0 Å². The van der Waals surface area contributed by atoms with Gasteiger partial charge < -0.3 is 4.48 Å². The number of quaternary nitrogens is 1. The zero-order valence-corrected chi connectivity index (χ0v) is 8.67. The van der Waals surface area contributed by atoms with Crippen LogP contribution in [-0.2, 0) is 6.54 Å². The van der Waals surface area contributed by atoms with Crippen LogP contribution in [0, 0.1) is 5.82 Å². The highest BCUT2D eigenvalue weighted by atomic mass is 19.1. The quantitative estimate of drug-likeness (QED) is 0.635. The fraction of sp³-hybridized carbons (Fsp3) is 0.500. The molecular weight excluding hydrogens is 177 g/mol. The summed E-state index contributed by atoms with van der Waals surface area (Å²) in [6.45, 7) is 3.56. The van der Waals surface area contributed by atoms with Crippen LogP contribution in [0.4, 0.5) is 4.39 Å². The second-order valence-corrected chi connectivity index (χ2v) is 4.56. The molecule has 0 amide bonds. The van der Waals surface area contributed by atoms with Crippen LogP contribution >= 0.6 is 0 Å². The molecule has 0 aromatic heterocycles. The van der Waals surface area contributed by atoms with Crippen molar-refractivity contribution in [3.05, 3.63) is 35.6 Å². The van der Waals surface area contributed by atoms with Crippen LogP contribution in [0.5, 0.6) is 0 Å². The summed E-state index contributed by atoms with van der Waals surface area (Å²) in [6.07, 6.45) is 2.66. The second kappa shape index (κ2) is 3.70. The van der Waals surface area contributed by atoms with Crippen LogP contribution in [0.2, 0.25) is 0 Å². The fourth-order valence-electron chi connectivity index (χ4n) is 2.29. The number of rotatable bonds is 2. The van der Waals surface area contributed by atoms with Crippen LogP contribution in [-0.4, -0.2) is 24.6 Å². The average molecular weight is 194 g/mol. The van der Waals surface area contributed by atoms with E-state index in [1.165, 1.54) is 31.5 Å². The van der Waals surface area contributed by atoms with Crippen molar-refractivity contribution in [1.82, 2.24) is 0 Å². The van der Waals surface area contributed by atoms with Gasteiger partial charge in [0, 0.05) is 18.4 Å². The summed E-state index contributed by atoms with van der Waals surface area (Å²) in [6, 6.07) is 6.91. The standard InChI is InChI=1S/C12H17FN/c1-14(8-2-3-9-14)10-11-4-6-12(13)7-5-11/h4-7H,2-3,8-10H2,1H3/q+1. The Morgan fingerprint density at radius 1 is 1.14 bits per heavy atom. The first-order chi connectivity index (χ1) is 6.68. The van der Waals surface area contributed by atoms with E-state index < -0.39 is 0 Å². The Kier molecular flexibility index (Phi) is 2.55. The molecule has 1 saturated heterocycles. The summed E-state index contributed by atoms with van der Waals surface area (Å²) >= 11 is 0. The molecule has 1 aliphatic rings. The Balaban J connectivity index is 2.06. The topological polar surface area (TPSA) is 0 Å². The highest BCUT2D eigenvalue weighted by molar-refractivity contribution is 5.14. The minimum absolute atomic E-state index is 0.141. The zero-order chi connectivity index (χ0) is 10.0. The maximum atomic E-state index is 12.7. The normalized spacial score (nSPS) is 19.9. The van der Waals surface area contributed by atoms with Crippen molar-refractivity contribution in [1.29, 1.82) is 0 Å². The molecule has 0 saturated carbocycles. The van der Waals surface area contributed by atoms with Gasteiger partial charge in [-0.3, -0.25) is 0 Å². The van der Waals surface area contributed by atoms with E-state index in [9.17, 15) is 4.39 Å². The lowest BCUT2D eigenvalue weighted by Gasteiger charge is -2.29. The van der Waals surface area contributed by atoms with Crippen LogP contribution in [0.1, 0.15) is 18.4 Å². The number of benzene rings is 1. The van der Waals surface area contributed by atoms with Crippen LogP contribution in [0.3, 0.4) is 0 Å². The van der Waals surface area contributed by atoms with Crippen molar-refractivity contribution in [2.75, 3.05) is 20.1 Å². The van der Waals surface area contributed by atoms with Gasteiger partial charge in [-0.2, -0.15) is 0 Å². The third-order valence-electron chi connectivity index (χ3n) is 3.12. The Morgan fingerprint density at radius 2 is 1.71 bits per heavy atom. The predicted octanol–water partition coefficient (Wildman–Crippen LogP) is 2.57. The molecule has 1 nitrogen and oxygen atoms in total. The molecule has 1 aromatic carbocycles. The van der Waals surface area contributed by atoms with E-state index >= 15 is 0 Å². The number of likely N-dealkylation sites (tertiary alicyclic amines) is 1. The molecule has 2 heteroatoms. The Hall–Kier alpha value is -0.890. The van der Waals surface area contributed by atoms with Crippen molar-refractivity contribution < 1.29 is 8.87 Å². The van der Waals surface area contributed by atoms with Gasteiger partial charge in [0.05, 0.1) is 20.1 Å². The van der Waals surface area contributed by atoms with Crippen molar-refractivity contribution in [2.24, 2.45) is 0 Å². The van der Waals surface area contributed by atoms with Gasteiger partial charge >= 0.3 is 0 Å². The van der Waals surface area contributed by atoms with Crippen molar-refractivity contribution in [3.8, 4) is 0 Å². The summed E-state index contributed by atoms with van der Waals surface area (Å²) in [5, 5.41) is 0. The first-order valence-corrected chi connectivity index (χ1v) is 5.26. The predicted molar refractivity (Wildman–Crippen MR) is 55.3 cm³/mol. The van der Waals surface area contributed by atoms with Crippen LogP contribution in [0.25, 0.3) is 0 Å². The van der Waals surface area contributed by atoms with Gasteiger partial charge in [-0.1, -0.05) is 12.1 Å². The van der Waals surface area contributed by atoms with E-state index in [0.29, 0.717) is 0 Å². The Morgan fingerprint density at radius 3 is 2.29 bits per heavy atom. The molecule has 2 rings (SSSR count). The summed E-state index contributed by atoms with van der Waals surface area (Å²) in [7, 11) is 2.29. The first-order valence-electron chi connectivity index (χ1n) is 5.26. The van der Waals surface area contributed by atoms with Gasteiger partial charge in [-0.05, 0) is 12.1 Å². The third kappa shape index (κ3) is 2.13. The van der Waals surface area contributed by atoms with Gasteiger partial charge in [-0.15, -0.1) is 0 Å². The lowest BCUT2D eigenvalue weighted by atomic mass is 10.2. The number of hydrogen-bond donors (Lipinski definition) is 0. The van der Waals surface area contributed by atoms with Gasteiger partial charge in [-0.25, -0.2) is 4.39 Å². The molecular formula is C12H17FN+. The van der Waals surface area contributed by atoms with Crippen molar-refractivity contribution in [3.63, 3.8) is 0 Å². The Bertz CT molecular complexity index is 299. The molecule has 0 unspecified atom stereocenters. The molecule has 0 N–H and O–H groups in total. The van der Waals surface area contributed by atoms with Crippen LogP contribution in [0.15, 0.2) is 24.3 Å². The summed E-state index contributed by atoms with van der Waals surface area (Å²) in [4.78, 5) is 0. The van der Waals surface area contributed by atoms with E-state index in [1.54, 1.807) is 12.1 Å². The van der Waals surface area contributed by atoms with Gasteiger partial charge in [0.1, 0.15) is 12.4 Å². The maximum absolute atomic E-state index is 12.7. The van der Waals surface area contributed by atoms with Crippen molar-refractivity contribution >= 4 is 0 Å². The van der Waals surface area contributed by atoms with E-state index in [1.807, 2.05) is 12.1 Å². The van der Waals surface area contributed by atoms with Gasteiger partial charge in [0.25, 0.3) is 0 Å². The molecule has 0 atom stereocenters. The number of halogens is 1. The first kappa shape index (κ1) is 9.66. The minimum Gasteiger partial charge on any atom is -0.322 e. The third-order valence-corrected chi connectivity index (χ3v) is 3.12. The summed E-state index contributed by atoms with van der Waals surface area (Å²) in [5.41, 5.74) is 1.25. The van der Waals surface area contributed by atoms with E-state index in [4.69, 9.17) is 0 Å². The minimum atomic E-state index is -0.141. The lowest BCUT2D eigenvalue weighted by Crippen LogP contribution is -2.39. The average Bonchev–Trinajstić information content (AvgIpc) is 2.57. The summed E-state index contributed by atoms with van der Waals surface area (Å²) in [5.74, 6) is -0.141. The van der Waals surface area contributed by atoms with E-state index in [2.05, 4.69) is 7.05 Å². The van der Waals surface area contributed by atoms with Gasteiger partial charge in [0.2, 0.25) is 0 Å². The Labute approximate surface area is 84.8 Å². The van der Waals surface area contributed by atoms with E-state index in [-0.39, 0.29) is 5.82 Å². The number of hydrogen-bond acceptors (Lipinski definition) is 0. The molecule has 0 aliphatic carbocycles. The summed E-state index contributed by atoms with van der Waals surface area (Å²) < 4.78 is 13.8. The second-order valence-electron chi connectivity index (χ2n) is 4.56. The lowest BCUT2D eigenvalue weighted by molar-refractivity contribution is -0.910. The molecule has 1 aliphatic heterocycles.